The molecule has 12 heteroatoms. The Bertz CT molecular complexity index is 1280. The van der Waals surface area contributed by atoms with E-state index in [-0.39, 0.29) is 42.7 Å². The van der Waals surface area contributed by atoms with Crippen molar-refractivity contribution in [1.82, 2.24) is 14.5 Å². The number of methoxy groups -OCH3 is 1. The van der Waals surface area contributed by atoms with Crippen LogP contribution in [0.15, 0.2) is 33.3 Å². The summed E-state index contributed by atoms with van der Waals surface area (Å²) in [6.07, 6.45) is 0. The molecule has 3 N–H and O–H groups in total. The van der Waals surface area contributed by atoms with Gasteiger partial charge in [-0.05, 0) is 24.1 Å². The lowest BCUT2D eigenvalue weighted by Crippen LogP contribution is -2.44. The summed E-state index contributed by atoms with van der Waals surface area (Å²) in [6.45, 7) is 3.43. The van der Waals surface area contributed by atoms with E-state index in [1.165, 1.54) is 23.0 Å². The second kappa shape index (κ2) is 10.4. The van der Waals surface area contributed by atoms with Crippen LogP contribution in [0.1, 0.15) is 24.2 Å². The number of fused-ring (bicyclic) bond motifs is 1. The third-order valence-electron chi connectivity index (χ3n) is 4.75. The van der Waals surface area contributed by atoms with Gasteiger partial charge in [0.05, 0.1) is 27.9 Å². The van der Waals surface area contributed by atoms with Gasteiger partial charge in [0, 0.05) is 20.2 Å². The molecule has 0 fully saturated rings. The largest absolute Gasteiger partial charge is 0.452 e. The molecule has 0 radical (unpaired) electrons. The van der Waals surface area contributed by atoms with Crippen molar-refractivity contribution in [2.24, 2.45) is 5.92 Å². The van der Waals surface area contributed by atoms with E-state index in [0.717, 1.165) is 15.1 Å². The number of rotatable bonds is 9. The van der Waals surface area contributed by atoms with E-state index in [1.807, 2.05) is 13.8 Å². The number of carbonyl (C=O) groups excluding carboxylic acids is 2. The Kier molecular flexibility index (Phi) is 7.61. The van der Waals surface area contributed by atoms with Crippen LogP contribution in [-0.2, 0) is 20.8 Å². The van der Waals surface area contributed by atoms with Crippen LogP contribution in [0.2, 0.25) is 0 Å². The second-order valence-corrected chi connectivity index (χ2v) is 8.53. The number of benzene rings is 1. The Labute approximate surface area is 192 Å². The third-order valence-corrected chi connectivity index (χ3v) is 5.54. The number of ether oxygens (including phenoxy) is 2. The van der Waals surface area contributed by atoms with Crippen LogP contribution in [0.5, 0.6) is 0 Å². The minimum atomic E-state index is -0.816. The number of nitrogen functional groups attached to an aromatic ring is 1. The Morgan fingerprint density at radius 1 is 1.30 bits per heavy atom. The number of hydrogen-bond acceptors (Lipinski definition) is 9. The standard InChI is InChI=1S/C21H25N5O6S/c1-12(2)9-26-18(22)17(19(28)24-21(26)30)25(6-7-31-3)16(27)10-32-20(29)13-4-5-14-15(8-13)33-11-23-14/h4-5,8,11-12H,6-7,9-10,22H2,1-3H3,(H,24,28,30). The minimum Gasteiger partial charge on any atom is -0.452 e. The molecule has 2 heterocycles. The minimum absolute atomic E-state index is 0.0349. The van der Waals surface area contributed by atoms with Gasteiger partial charge in [0.25, 0.3) is 11.5 Å². The van der Waals surface area contributed by atoms with Gasteiger partial charge in [-0.25, -0.2) is 14.6 Å². The van der Waals surface area contributed by atoms with Crippen LogP contribution < -0.4 is 21.9 Å². The number of nitrogens with zero attached hydrogens (tertiary/aromatic N) is 3. The van der Waals surface area contributed by atoms with Crippen molar-refractivity contribution >= 4 is 44.9 Å². The zero-order valence-corrected chi connectivity index (χ0v) is 19.3. The molecule has 11 nitrogen and oxygen atoms in total. The molecule has 1 aromatic carbocycles. The van der Waals surface area contributed by atoms with Crippen LogP contribution >= 0.6 is 11.3 Å². The SMILES string of the molecule is COCCN(C(=O)COC(=O)c1ccc2ncsc2c1)c1c(N)n(CC(C)C)c(=O)[nH]c1=O. The van der Waals surface area contributed by atoms with E-state index >= 15 is 0 Å². The van der Waals surface area contributed by atoms with Crippen molar-refractivity contribution in [1.29, 1.82) is 0 Å². The van der Waals surface area contributed by atoms with Gasteiger partial charge in [0.1, 0.15) is 5.82 Å². The summed E-state index contributed by atoms with van der Waals surface area (Å²) in [6, 6.07) is 4.88. The molecule has 0 unspecified atom stereocenters. The number of aromatic amines is 1. The molecule has 1 amide bonds. The number of nitrogens with two attached hydrogens (primary N) is 1. The average molecular weight is 476 g/mol. The summed E-state index contributed by atoms with van der Waals surface area (Å²) in [4.78, 5) is 57.6. The molecule has 0 aliphatic carbocycles. The molecule has 0 spiro atoms. The number of nitrogens with one attached hydrogen (secondary N) is 1. The van der Waals surface area contributed by atoms with E-state index in [4.69, 9.17) is 15.2 Å². The molecular weight excluding hydrogens is 450 g/mol. The zero-order valence-electron chi connectivity index (χ0n) is 18.5. The van der Waals surface area contributed by atoms with Crippen molar-refractivity contribution in [2.75, 3.05) is 37.5 Å². The summed E-state index contributed by atoms with van der Waals surface area (Å²) >= 11 is 1.38. The van der Waals surface area contributed by atoms with Crippen LogP contribution in [-0.4, -0.2) is 53.3 Å². The number of anilines is 2. The highest BCUT2D eigenvalue weighted by Gasteiger charge is 2.25. The van der Waals surface area contributed by atoms with Gasteiger partial charge in [0.15, 0.2) is 12.3 Å². The zero-order chi connectivity index (χ0) is 24.1. The highest BCUT2D eigenvalue weighted by atomic mass is 32.1. The maximum absolute atomic E-state index is 13.0. The highest BCUT2D eigenvalue weighted by molar-refractivity contribution is 7.16. The molecule has 0 aliphatic rings. The first-order valence-electron chi connectivity index (χ1n) is 10.1. The van der Waals surface area contributed by atoms with Crippen LogP contribution in [0.3, 0.4) is 0 Å². The van der Waals surface area contributed by atoms with Gasteiger partial charge in [-0.3, -0.25) is 24.0 Å². The predicted molar refractivity (Wildman–Crippen MR) is 125 cm³/mol. The van der Waals surface area contributed by atoms with Crippen molar-refractivity contribution in [2.45, 2.75) is 20.4 Å². The molecule has 0 saturated heterocycles. The normalized spacial score (nSPS) is 11.2. The molecule has 0 saturated carbocycles. The van der Waals surface area contributed by atoms with Gasteiger partial charge in [-0.15, -0.1) is 11.3 Å². The van der Waals surface area contributed by atoms with E-state index in [0.29, 0.717) is 0 Å². The number of aromatic nitrogens is 3. The first-order chi connectivity index (χ1) is 15.7. The second-order valence-electron chi connectivity index (χ2n) is 7.65. The van der Waals surface area contributed by atoms with Gasteiger partial charge >= 0.3 is 11.7 Å². The summed E-state index contributed by atoms with van der Waals surface area (Å²) < 4.78 is 12.2. The lowest BCUT2D eigenvalue weighted by Gasteiger charge is -2.24. The molecule has 3 aromatic rings. The van der Waals surface area contributed by atoms with E-state index in [1.54, 1.807) is 23.7 Å². The number of esters is 1. The van der Waals surface area contributed by atoms with E-state index < -0.39 is 29.7 Å². The molecule has 3 rings (SSSR count). The van der Waals surface area contributed by atoms with Crippen LogP contribution in [0.4, 0.5) is 11.5 Å². The van der Waals surface area contributed by atoms with Gasteiger partial charge < -0.3 is 15.2 Å². The maximum atomic E-state index is 13.0. The number of H-pyrrole nitrogens is 1. The summed E-state index contributed by atoms with van der Waals surface area (Å²) in [7, 11) is 1.44. The highest BCUT2D eigenvalue weighted by Crippen LogP contribution is 2.20. The quantitative estimate of drug-likeness (QED) is 0.439. The van der Waals surface area contributed by atoms with Crippen molar-refractivity contribution < 1.29 is 19.1 Å². The van der Waals surface area contributed by atoms with Crippen molar-refractivity contribution in [3.8, 4) is 0 Å². The summed E-state index contributed by atoms with van der Waals surface area (Å²) in [5.41, 5.74) is 7.14. The Morgan fingerprint density at radius 3 is 2.76 bits per heavy atom. The lowest BCUT2D eigenvalue weighted by atomic mass is 10.2. The number of thiazole rings is 1. The Hall–Kier alpha value is -3.51. The fourth-order valence-corrected chi connectivity index (χ4v) is 3.92. The van der Waals surface area contributed by atoms with E-state index in [9.17, 15) is 19.2 Å². The molecule has 176 valence electrons. The Morgan fingerprint density at radius 2 is 2.06 bits per heavy atom. The summed E-state index contributed by atoms with van der Waals surface area (Å²) in [5.74, 6) is -1.48. The molecule has 0 bridgehead atoms. The molecule has 33 heavy (non-hydrogen) atoms. The van der Waals surface area contributed by atoms with Gasteiger partial charge in [0.2, 0.25) is 0 Å². The monoisotopic (exact) mass is 475 g/mol. The maximum Gasteiger partial charge on any atom is 0.338 e. The smallest absolute Gasteiger partial charge is 0.338 e. The van der Waals surface area contributed by atoms with Crippen LogP contribution in [0.25, 0.3) is 10.2 Å². The first-order valence-corrected chi connectivity index (χ1v) is 11.0. The fraction of sp³-hybridized carbons (Fsp3) is 0.381. The van der Waals surface area contributed by atoms with Gasteiger partial charge in [-0.2, -0.15) is 0 Å². The fourth-order valence-electron chi connectivity index (χ4n) is 3.20. The average Bonchev–Trinajstić information content (AvgIpc) is 3.24. The molecule has 0 atom stereocenters. The molecule has 2 aromatic heterocycles. The van der Waals surface area contributed by atoms with E-state index in [2.05, 4.69) is 9.97 Å². The van der Waals surface area contributed by atoms with Crippen LogP contribution in [0, 0.1) is 5.92 Å². The number of hydrogen-bond donors (Lipinski definition) is 2. The first kappa shape index (κ1) is 24.1. The molecular formula is C21H25N5O6S. The third kappa shape index (κ3) is 5.46. The number of amides is 1. The topological polar surface area (TPSA) is 150 Å². The lowest BCUT2D eigenvalue weighted by molar-refractivity contribution is -0.121. The van der Waals surface area contributed by atoms with Crippen molar-refractivity contribution in [3.63, 3.8) is 0 Å². The van der Waals surface area contributed by atoms with Gasteiger partial charge in [-0.1, -0.05) is 13.8 Å². The molecule has 0 aliphatic heterocycles. The number of carbonyl (C=O) groups is 2. The Balaban J connectivity index is 1.85. The van der Waals surface area contributed by atoms with Crippen molar-refractivity contribution in [3.05, 3.63) is 50.1 Å². The predicted octanol–water partition coefficient (Wildman–Crippen LogP) is 1.22. The summed E-state index contributed by atoms with van der Waals surface area (Å²) in [5, 5.41) is 0.